The Balaban J connectivity index is 1.80. The Hall–Kier alpha value is -1.85. The Morgan fingerprint density at radius 3 is 2.65 bits per heavy atom. The van der Waals surface area contributed by atoms with Crippen LogP contribution >= 0.6 is 0 Å². The first kappa shape index (κ1) is 16.0. The molecule has 0 aromatic carbocycles. The maximum atomic E-state index is 12.8. The van der Waals surface area contributed by atoms with E-state index in [4.69, 9.17) is 4.52 Å². The number of carbonyl (C=O) groups excluding carboxylic acids is 2. The van der Waals surface area contributed by atoms with Gasteiger partial charge >= 0.3 is 0 Å². The molecule has 126 valence electrons. The van der Waals surface area contributed by atoms with Crippen LogP contribution in [-0.4, -0.2) is 54.0 Å². The molecule has 1 aromatic rings. The summed E-state index contributed by atoms with van der Waals surface area (Å²) in [4.78, 5) is 28.9. The summed E-state index contributed by atoms with van der Waals surface area (Å²) < 4.78 is 5.13. The van der Waals surface area contributed by atoms with Crippen LogP contribution in [0.4, 0.5) is 0 Å². The third kappa shape index (κ3) is 2.54. The molecule has 0 unspecified atom stereocenters. The highest BCUT2D eigenvalue weighted by Crippen LogP contribution is 2.50. The van der Waals surface area contributed by atoms with Gasteiger partial charge in [-0.15, -0.1) is 0 Å². The molecule has 1 aliphatic heterocycles. The zero-order valence-corrected chi connectivity index (χ0v) is 14.4. The molecule has 2 heterocycles. The molecule has 23 heavy (non-hydrogen) atoms. The topological polar surface area (TPSA) is 66.7 Å². The molecular formula is C17H25N3O3. The van der Waals surface area contributed by atoms with Gasteiger partial charge in [0, 0.05) is 38.5 Å². The predicted octanol–water partition coefficient (Wildman–Crippen LogP) is 2.01. The maximum Gasteiger partial charge on any atom is 0.259 e. The van der Waals surface area contributed by atoms with Gasteiger partial charge in [0.2, 0.25) is 5.91 Å². The van der Waals surface area contributed by atoms with Crippen molar-refractivity contribution in [1.29, 1.82) is 0 Å². The molecule has 1 spiro atoms. The third-order valence-electron chi connectivity index (χ3n) is 5.57. The van der Waals surface area contributed by atoms with Gasteiger partial charge < -0.3 is 14.3 Å². The van der Waals surface area contributed by atoms with Gasteiger partial charge in [-0.2, -0.15) is 0 Å². The average Bonchev–Trinajstić information content (AvgIpc) is 3.19. The highest BCUT2D eigenvalue weighted by molar-refractivity contribution is 5.96. The van der Waals surface area contributed by atoms with Crippen molar-refractivity contribution in [3.8, 4) is 0 Å². The summed E-state index contributed by atoms with van der Waals surface area (Å²) in [6.07, 6.45) is 3.94. The first-order chi connectivity index (χ1) is 10.9. The lowest BCUT2D eigenvalue weighted by Crippen LogP contribution is -2.41. The van der Waals surface area contributed by atoms with Crippen LogP contribution in [0.15, 0.2) is 4.52 Å². The summed E-state index contributed by atoms with van der Waals surface area (Å²) in [6, 6.07) is 0. The predicted molar refractivity (Wildman–Crippen MR) is 85.0 cm³/mol. The lowest BCUT2D eigenvalue weighted by molar-refractivity contribution is -0.136. The molecule has 1 saturated heterocycles. The van der Waals surface area contributed by atoms with E-state index in [0.717, 1.165) is 25.7 Å². The molecule has 1 aliphatic carbocycles. The van der Waals surface area contributed by atoms with Gasteiger partial charge in [0.25, 0.3) is 5.91 Å². The van der Waals surface area contributed by atoms with E-state index in [9.17, 15) is 9.59 Å². The van der Waals surface area contributed by atoms with Gasteiger partial charge in [0.15, 0.2) is 0 Å². The molecule has 1 saturated carbocycles. The number of likely N-dealkylation sites (tertiary alicyclic amines) is 1. The molecule has 2 aliphatic rings. The first-order valence-corrected chi connectivity index (χ1v) is 8.29. The lowest BCUT2D eigenvalue weighted by atomic mass is 9.76. The van der Waals surface area contributed by atoms with Gasteiger partial charge in [-0.25, -0.2) is 0 Å². The number of aromatic nitrogens is 1. The molecule has 6 nitrogen and oxygen atoms in total. The van der Waals surface area contributed by atoms with Crippen LogP contribution in [0.1, 0.15) is 47.5 Å². The van der Waals surface area contributed by atoms with Crippen molar-refractivity contribution in [3.05, 3.63) is 17.0 Å². The van der Waals surface area contributed by atoms with Gasteiger partial charge in [-0.05, 0) is 33.1 Å². The van der Waals surface area contributed by atoms with Crippen molar-refractivity contribution in [3.63, 3.8) is 0 Å². The number of carbonyl (C=O) groups is 2. The highest BCUT2D eigenvalue weighted by atomic mass is 16.5. The van der Waals surface area contributed by atoms with Crippen LogP contribution in [0.25, 0.3) is 0 Å². The van der Waals surface area contributed by atoms with E-state index < -0.39 is 0 Å². The zero-order chi connectivity index (χ0) is 16.8. The minimum absolute atomic E-state index is 0.0129. The van der Waals surface area contributed by atoms with Crippen LogP contribution in [-0.2, 0) is 4.79 Å². The van der Waals surface area contributed by atoms with E-state index in [0.29, 0.717) is 30.1 Å². The Kier molecular flexibility index (Phi) is 3.94. The van der Waals surface area contributed by atoms with Gasteiger partial charge in [-0.1, -0.05) is 11.6 Å². The molecule has 6 heteroatoms. The van der Waals surface area contributed by atoms with Crippen molar-refractivity contribution in [2.45, 2.75) is 39.5 Å². The Bertz CT molecular complexity index is 618. The Morgan fingerprint density at radius 1 is 1.30 bits per heavy atom. The molecule has 2 amide bonds. The molecule has 0 N–H and O–H groups in total. The molecular weight excluding hydrogens is 294 g/mol. The largest absolute Gasteiger partial charge is 0.361 e. The van der Waals surface area contributed by atoms with Crippen molar-refractivity contribution in [2.75, 3.05) is 27.2 Å². The van der Waals surface area contributed by atoms with Crippen molar-refractivity contribution in [2.24, 2.45) is 11.3 Å². The van der Waals surface area contributed by atoms with Crippen LogP contribution in [0.2, 0.25) is 0 Å². The van der Waals surface area contributed by atoms with Crippen LogP contribution < -0.4 is 0 Å². The number of aryl methyl sites for hydroxylation is 2. The van der Waals surface area contributed by atoms with Crippen molar-refractivity contribution < 1.29 is 14.1 Å². The normalized spacial score (nSPS) is 27.0. The number of nitrogens with zero attached hydrogens (tertiary/aromatic N) is 3. The summed E-state index contributed by atoms with van der Waals surface area (Å²) in [6.45, 7) is 4.94. The fourth-order valence-corrected chi connectivity index (χ4v) is 4.34. The smallest absolute Gasteiger partial charge is 0.259 e. The second kappa shape index (κ2) is 5.65. The fraction of sp³-hybridized carbons (Fsp3) is 0.706. The third-order valence-corrected chi connectivity index (χ3v) is 5.57. The summed E-state index contributed by atoms with van der Waals surface area (Å²) in [5.74, 6) is 0.802. The Labute approximate surface area is 136 Å². The van der Waals surface area contributed by atoms with Crippen LogP contribution in [0, 0.1) is 25.2 Å². The monoisotopic (exact) mass is 319 g/mol. The van der Waals surface area contributed by atoms with Crippen LogP contribution in [0.5, 0.6) is 0 Å². The van der Waals surface area contributed by atoms with Crippen LogP contribution in [0.3, 0.4) is 0 Å². The minimum Gasteiger partial charge on any atom is -0.361 e. The van der Waals surface area contributed by atoms with Gasteiger partial charge in [0.1, 0.15) is 11.3 Å². The van der Waals surface area contributed by atoms with E-state index >= 15 is 0 Å². The number of rotatable bonds is 2. The van der Waals surface area contributed by atoms with E-state index in [1.54, 1.807) is 18.7 Å². The van der Waals surface area contributed by atoms with E-state index in [1.807, 2.05) is 19.0 Å². The molecule has 2 fully saturated rings. The first-order valence-electron chi connectivity index (χ1n) is 8.29. The fourth-order valence-electron chi connectivity index (χ4n) is 4.34. The van der Waals surface area contributed by atoms with Crippen molar-refractivity contribution >= 4 is 11.8 Å². The second-order valence-corrected chi connectivity index (χ2v) is 7.22. The molecule has 2 atom stereocenters. The SMILES string of the molecule is Cc1noc(C)c1C(=O)N1CC[C@@]2(CCC[C@H]2C(=O)N(C)C)C1. The molecule has 1 aromatic heterocycles. The lowest BCUT2D eigenvalue weighted by Gasteiger charge is -2.32. The van der Waals surface area contributed by atoms with Gasteiger partial charge in [0.05, 0.1) is 5.69 Å². The minimum atomic E-state index is -0.0456. The van der Waals surface area contributed by atoms with E-state index in [2.05, 4.69) is 5.16 Å². The number of hydrogen-bond donors (Lipinski definition) is 0. The zero-order valence-electron chi connectivity index (χ0n) is 14.4. The quantitative estimate of drug-likeness (QED) is 0.836. The summed E-state index contributed by atoms with van der Waals surface area (Å²) >= 11 is 0. The van der Waals surface area contributed by atoms with Gasteiger partial charge in [-0.3, -0.25) is 9.59 Å². The molecule has 3 rings (SSSR count). The highest BCUT2D eigenvalue weighted by Gasteiger charge is 2.51. The molecule has 0 bridgehead atoms. The summed E-state index contributed by atoms with van der Waals surface area (Å²) in [5.41, 5.74) is 1.17. The van der Waals surface area contributed by atoms with E-state index in [1.165, 1.54) is 0 Å². The maximum absolute atomic E-state index is 12.8. The second-order valence-electron chi connectivity index (χ2n) is 7.22. The number of hydrogen-bond acceptors (Lipinski definition) is 4. The summed E-state index contributed by atoms with van der Waals surface area (Å²) in [7, 11) is 3.63. The number of amides is 2. The average molecular weight is 319 g/mol. The Morgan fingerprint density at radius 2 is 2.04 bits per heavy atom. The summed E-state index contributed by atoms with van der Waals surface area (Å²) in [5, 5.41) is 3.88. The van der Waals surface area contributed by atoms with E-state index in [-0.39, 0.29) is 23.1 Å². The molecule has 0 radical (unpaired) electrons. The van der Waals surface area contributed by atoms with Crippen molar-refractivity contribution in [1.82, 2.24) is 15.0 Å². The standard InChI is InChI=1S/C17H25N3O3/c1-11-14(12(2)23-18-11)16(22)20-9-8-17(10-20)7-5-6-13(17)15(21)19(3)4/h13H,5-10H2,1-4H3/t13-,17-/m0/s1.